The zero-order valence-electron chi connectivity index (χ0n) is 15.3. The number of nitrogens with two attached hydrogens (primary N) is 3. The number of aromatic nitrogens is 2. The molecule has 0 spiro atoms. The third-order valence-electron chi connectivity index (χ3n) is 4.10. The van der Waals surface area contributed by atoms with Gasteiger partial charge >= 0.3 is 0 Å². The molecule has 8 nitrogen and oxygen atoms in total. The molecule has 0 unspecified atom stereocenters. The predicted octanol–water partition coefficient (Wildman–Crippen LogP) is 1.99. The average Bonchev–Trinajstić information content (AvgIpc) is 3.22. The fourth-order valence-corrected chi connectivity index (χ4v) is 2.57. The number of benzene rings is 2. The third kappa shape index (κ3) is 4.01. The summed E-state index contributed by atoms with van der Waals surface area (Å²) in [6.45, 7) is 0.454. The minimum atomic E-state index is -0.502. The van der Waals surface area contributed by atoms with E-state index in [1.165, 1.54) is 19.2 Å². The Hall–Kier alpha value is -3.27. The van der Waals surface area contributed by atoms with E-state index in [-0.39, 0.29) is 29.6 Å². The number of para-hydroxylation sites is 1. The van der Waals surface area contributed by atoms with Crippen molar-refractivity contribution in [2.45, 2.75) is 6.54 Å². The molecule has 3 rings (SSSR count). The molecule has 0 bridgehead atoms. The molecule has 0 aliphatic carbocycles. The van der Waals surface area contributed by atoms with Crippen LogP contribution in [0.1, 0.15) is 11.5 Å². The lowest BCUT2D eigenvalue weighted by Gasteiger charge is -2.23. The second kappa shape index (κ2) is 8.61. The molecule has 146 valence electrons. The zero-order valence-corrected chi connectivity index (χ0v) is 15.3. The van der Waals surface area contributed by atoms with Crippen molar-refractivity contribution in [2.24, 2.45) is 17.3 Å². The first-order valence-corrected chi connectivity index (χ1v) is 8.45. The minimum absolute atomic E-state index is 0.0135. The van der Waals surface area contributed by atoms with Gasteiger partial charge < -0.3 is 20.7 Å². The highest BCUT2D eigenvalue weighted by Crippen LogP contribution is 2.24. The number of hydrazine groups is 1. The summed E-state index contributed by atoms with van der Waals surface area (Å²) in [6.07, 6.45) is 0. The van der Waals surface area contributed by atoms with Gasteiger partial charge in [0.15, 0.2) is 0 Å². The molecule has 0 aliphatic rings. The molecule has 3 aromatic rings. The quantitative estimate of drug-likeness (QED) is 0.416. The van der Waals surface area contributed by atoms with Gasteiger partial charge in [-0.15, -0.1) is 0 Å². The summed E-state index contributed by atoms with van der Waals surface area (Å²) in [4.78, 5) is 4.31. The maximum Gasteiger partial charge on any atom is 0.276 e. The monoisotopic (exact) mass is 384 g/mol. The van der Waals surface area contributed by atoms with E-state index >= 15 is 0 Å². The van der Waals surface area contributed by atoms with Gasteiger partial charge in [0.25, 0.3) is 5.89 Å². The molecule has 0 atom stereocenters. The van der Waals surface area contributed by atoms with E-state index in [1.54, 1.807) is 12.1 Å². The molecular formula is C19H21FN6O2. The highest BCUT2D eigenvalue weighted by atomic mass is 19.1. The van der Waals surface area contributed by atoms with Crippen LogP contribution in [0.4, 0.5) is 10.1 Å². The van der Waals surface area contributed by atoms with Crippen LogP contribution < -0.4 is 22.3 Å². The number of rotatable bonds is 7. The summed E-state index contributed by atoms with van der Waals surface area (Å²) < 4.78 is 24.6. The molecule has 0 saturated heterocycles. The van der Waals surface area contributed by atoms with Gasteiger partial charge in [-0.25, -0.2) is 10.2 Å². The SMILES string of the molecule is COC/C(=C(/N)c1nc(-c2ccc(CN)cc2)no1)N(N)c1ccccc1F. The number of ether oxygens (including phenoxy) is 1. The molecule has 0 aliphatic heterocycles. The molecular weight excluding hydrogens is 363 g/mol. The van der Waals surface area contributed by atoms with E-state index in [1.807, 2.05) is 24.3 Å². The van der Waals surface area contributed by atoms with Crippen molar-refractivity contribution in [1.82, 2.24) is 10.1 Å². The van der Waals surface area contributed by atoms with Gasteiger partial charge in [0.1, 0.15) is 11.5 Å². The first-order valence-electron chi connectivity index (χ1n) is 8.45. The summed E-state index contributed by atoms with van der Waals surface area (Å²) in [6, 6.07) is 13.5. The topological polar surface area (TPSA) is 129 Å². The van der Waals surface area contributed by atoms with Crippen molar-refractivity contribution in [3.05, 3.63) is 71.5 Å². The van der Waals surface area contributed by atoms with E-state index in [9.17, 15) is 4.39 Å². The van der Waals surface area contributed by atoms with Gasteiger partial charge in [0.05, 0.1) is 18.0 Å². The lowest BCUT2D eigenvalue weighted by Crippen LogP contribution is -2.35. The summed E-state index contributed by atoms with van der Waals surface area (Å²) in [5, 5.41) is 5.05. The van der Waals surface area contributed by atoms with Crippen LogP contribution in [0.15, 0.2) is 58.8 Å². The maximum atomic E-state index is 14.1. The Bertz CT molecular complexity index is 971. The largest absolute Gasteiger partial charge is 0.393 e. The van der Waals surface area contributed by atoms with Crippen molar-refractivity contribution in [3.8, 4) is 11.4 Å². The smallest absolute Gasteiger partial charge is 0.276 e. The Morgan fingerprint density at radius 2 is 1.89 bits per heavy atom. The molecule has 0 fully saturated rings. The molecule has 0 radical (unpaired) electrons. The molecule has 1 heterocycles. The van der Waals surface area contributed by atoms with Crippen LogP contribution >= 0.6 is 0 Å². The van der Waals surface area contributed by atoms with Gasteiger partial charge in [-0.1, -0.05) is 41.6 Å². The van der Waals surface area contributed by atoms with Crippen LogP contribution in [0.3, 0.4) is 0 Å². The maximum absolute atomic E-state index is 14.1. The fraction of sp³-hybridized carbons (Fsp3) is 0.158. The second-order valence-electron chi connectivity index (χ2n) is 5.94. The first-order chi connectivity index (χ1) is 13.5. The summed E-state index contributed by atoms with van der Waals surface area (Å²) in [5.41, 5.74) is 14.0. The van der Waals surface area contributed by atoms with Gasteiger partial charge in [0.2, 0.25) is 5.82 Å². The van der Waals surface area contributed by atoms with Crippen LogP contribution in [-0.4, -0.2) is 23.9 Å². The average molecular weight is 384 g/mol. The number of anilines is 1. The summed E-state index contributed by atoms with van der Waals surface area (Å²) in [5.74, 6) is 5.99. The van der Waals surface area contributed by atoms with Gasteiger partial charge in [-0.2, -0.15) is 4.98 Å². The normalized spacial score (nSPS) is 12.0. The number of hydrogen-bond donors (Lipinski definition) is 3. The van der Waals surface area contributed by atoms with E-state index < -0.39 is 5.82 Å². The zero-order chi connectivity index (χ0) is 20.1. The lowest BCUT2D eigenvalue weighted by molar-refractivity contribution is 0.223. The van der Waals surface area contributed by atoms with Crippen LogP contribution in [0.25, 0.3) is 17.1 Å². The van der Waals surface area contributed by atoms with E-state index in [4.69, 9.17) is 26.6 Å². The van der Waals surface area contributed by atoms with Crippen molar-refractivity contribution in [2.75, 3.05) is 18.7 Å². The third-order valence-corrected chi connectivity index (χ3v) is 4.10. The van der Waals surface area contributed by atoms with Crippen molar-refractivity contribution < 1.29 is 13.7 Å². The van der Waals surface area contributed by atoms with Crippen molar-refractivity contribution in [1.29, 1.82) is 0 Å². The summed E-state index contributed by atoms with van der Waals surface area (Å²) in [7, 11) is 1.47. The standard InChI is InChI=1S/C19H21FN6O2/c1-27-11-16(26(23)15-5-3-2-4-14(15)20)17(22)19-24-18(25-28-19)13-8-6-12(10-21)7-9-13/h2-9H,10-11,21-23H2,1H3/b17-16-. The molecule has 0 saturated carbocycles. The number of hydrogen-bond acceptors (Lipinski definition) is 8. The molecule has 0 amide bonds. The van der Waals surface area contributed by atoms with Crippen LogP contribution in [0.2, 0.25) is 0 Å². The number of nitrogens with zero attached hydrogens (tertiary/aromatic N) is 3. The van der Waals surface area contributed by atoms with E-state index in [0.29, 0.717) is 12.4 Å². The lowest BCUT2D eigenvalue weighted by atomic mass is 10.1. The molecule has 6 N–H and O–H groups in total. The minimum Gasteiger partial charge on any atom is -0.393 e. The van der Waals surface area contributed by atoms with Crippen LogP contribution in [0.5, 0.6) is 0 Å². The fourth-order valence-electron chi connectivity index (χ4n) is 2.57. The molecule has 1 aromatic heterocycles. The second-order valence-corrected chi connectivity index (χ2v) is 5.94. The number of methoxy groups -OCH3 is 1. The van der Waals surface area contributed by atoms with E-state index in [2.05, 4.69) is 10.1 Å². The Morgan fingerprint density at radius 3 is 2.54 bits per heavy atom. The van der Waals surface area contributed by atoms with Crippen LogP contribution in [-0.2, 0) is 11.3 Å². The Labute approximate surface area is 161 Å². The van der Waals surface area contributed by atoms with Crippen molar-refractivity contribution >= 4 is 11.4 Å². The molecule has 9 heteroatoms. The Morgan fingerprint density at radius 1 is 1.18 bits per heavy atom. The Kier molecular flexibility index (Phi) is 5.99. The van der Waals surface area contributed by atoms with Gasteiger partial charge in [-0.05, 0) is 17.7 Å². The number of halogens is 1. The molecule has 2 aromatic carbocycles. The first kappa shape index (κ1) is 19.5. The summed E-state index contributed by atoms with van der Waals surface area (Å²) >= 11 is 0. The van der Waals surface area contributed by atoms with Crippen molar-refractivity contribution in [3.63, 3.8) is 0 Å². The van der Waals surface area contributed by atoms with Gasteiger partial charge in [0, 0.05) is 19.2 Å². The predicted molar refractivity (Wildman–Crippen MR) is 104 cm³/mol. The van der Waals surface area contributed by atoms with E-state index in [0.717, 1.165) is 16.1 Å². The highest BCUT2D eigenvalue weighted by molar-refractivity contribution is 5.67. The van der Waals surface area contributed by atoms with Gasteiger partial charge in [-0.3, -0.25) is 5.01 Å². The highest BCUT2D eigenvalue weighted by Gasteiger charge is 2.20. The Balaban J connectivity index is 1.96. The molecule has 28 heavy (non-hydrogen) atoms. The van der Waals surface area contributed by atoms with Crippen LogP contribution in [0, 0.1) is 5.82 Å².